The van der Waals surface area contributed by atoms with E-state index in [4.69, 9.17) is 11.0 Å². The number of hydrogen-bond acceptors (Lipinski definition) is 6. The Bertz CT molecular complexity index is 635. The van der Waals surface area contributed by atoms with Crippen molar-refractivity contribution in [1.82, 2.24) is 0 Å². The fourth-order valence-corrected chi connectivity index (χ4v) is 2.60. The molecule has 0 aliphatic carbocycles. The number of ether oxygens (including phenoxy) is 1. The zero-order valence-electron chi connectivity index (χ0n) is 10.9. The van der Waals surface area contributed by atoms with Gasteiger partial charge in [0.2, 0.25) is 10.0 Å². The quantitative estimate of drug-likeness (QED) is 0.592. The molecule has 0 amide bonds. The summed E-state index contributed by atoms with van der Waals surface area (Å²) in [4.78, 5) is 10.9. The van der Waals surface area contributed by atoms with E-state index in [9.17, 15) is 13.2 Å². The van der Waals surface area contributed by atoms with Gasteiger partial charge in [-0.25, -0.2) is 8.42 Å². The van der Waals surface area contributed by atoms with E-state index in [-0.39, 0.29) is 30.0 Å². The predicted molar refractivity (Wildman–Crippen MR) is 74.2 cm³/mol. The first-order valence-electron chi connectivity index (χ1n) is 5.75. The van der Waals surface area contributed by atoms with Gasteiger partial charge in [0.25, 0.3) is 0 Å². The highest BCUT2D eigenvalue weighted by molar-refractivity contribution is 7.92. The summed E-state index contributed by atoms with van der Waals surface area (Å²) >= 11 is 0. The maximum absolute atomic E-state index is 11.8. The van der Waals surface area contributed by atoms with Gasteiger partial charge in [-0.05, 0) is 24.6 Å². The average molecular weight is 297 g/mol. The minimum Gasteiger partial charge on any atom is -0.469 e. The molecule has 1 aromatic carbocycles. The van der Waals surface area contributed by atoms with Crippen LogP contribution in [0.3, 0.4) is 0 Å². The van der Waals surface area contributed by atoms with Crippen molar-refractivity contribution in [3.8, 4) is 6.07 Å². The molecule has 0 atom stereocenters. The molecular weight excluding hydrogens is 282 g/mol. The molecule has 3 N–H and O–H groups in total. The summed E-state index contributed by atoms with van der Waals surface area (Å²) in [6.07, 6.45) is 0.179. The number of nitrogens with one attached hydrogen (secondary N) is 1. The Morgan fingerprint density at radius 1 is 1.50 bits per heavy atom. The Kier molecular flexibility index (Phi) is 5.34. The van der Waals surface area contributed by atoms with E-state index in [1.165, 1.54) is 25.3 Å². The number of hydrogen-bond donors (Lipinski definition) is 2. The summed E-state index contributed by atoms with van der Waals surface area (Å²) in [5.41, 5.74) is 6.37. The van der Waals surface area contributed by atoms with Gasteiger partial charge < -0.3 is 10.5 Å². The molecule has 0 heterocycles. The SMILES string of the molecule is COC(=O)CCCS(=O)(=O)Nc1ccc(C#N)cc1N. The highest BCUT2D eigenvalue weighted by atomic mass is 32.2. The van der Waals surface area contributed by atoms with Crippen molar-refractivity contribution >= 4 is 27.4 Å². The van der Waals surface area contributed by atoms with E-state index >= 15 is 0 Å². The van der Waals surface area contributed by atoms with E-state index in [0.29, 0.717) is 5.56 Å². The average Bonchev–Trinajstić information content (AvgIpc) is 2.40. The van der Waals surface area contributed by atoms with Gasteiger partial charge >= 0.3 is 5.97 Å². The van der Waals surface area contributed by atoms with Crippen LogP contribution in [0.15, 0.2) is 18.2 Å². The van der Waals surface area contributed by atoms with Gasteiger partial charge in [-0.3, -0.25) is 9.52 Å². The van der Waals surface area contributed by atoms with Gasteiger partial charge in [0, 0.05) is 6.42 Å². The molecule has 0 radical (unpaired) electrons. The van der Waals surface area contributed by atoms with Crippen LogP contribution < -0.4 is 10.5 Å². The van der Waals surface area contributed by atoms with Crippen molar-refractivity contribution in [3.05, 3.63) is 23.8 Å². The highest BCUT2D eigenvalue weighted by Crippen LogP contribution is 2.21. The van der Waals surface area contributed by atoms with Gasteiger partial charge in [-0.2, -0.15) is 5.26 Å². The number of anilines is 2. The number of carbonyl (C=O) groups is 1. The Morgan fingerprint density at radius 2 is 2.20 bits per heavy atom. The first-order chi connectivity index (χ1) is 9.38. The first-order valence-corrected chi connectivity index (χ1v) is 7.40. The molecule has 1 rings (SSSR count). The summed E-state index contributed by atoms with van der Waals surface area (Å²) in [5, 5.41) is 8.69. The van der Waals surface area contributed by atoms with Crippen molar-refractivity contribution in [1.29, 1.82) is 5.26 Å². The van der Waals surface area contributed by atoms with E-state index in [1.807, 2.05) is 6.07 Å². The Labute approximate surface area is 117 Å². The molecule has 0 saturated heterocycles. The van der Waals surface area contributed by atoms with Crippen LogP contribution in [0.2, 0.25) is 0 Å². The molecule has 8 heteroatoms. The van der Waals surface area contributed by atoms with Crippen LogP contribution in [0.25, 0.3) is 0 Å². The predicted octanol–water partition coefficient (Wildman–Crippen LogP) is 0.835. The van der Waals surface area contributed by atoms with Crippen LogP contribution in [0.4, 0.5) is 11.4 Å². The molecule has 0 aliphatic heterocycles. The highest BCUT2D eigenvalue weighted by Gasteiger charge is 2.13. The van der Waals surface area contributed by atoms with Crippen molar-refractivity contribution in [2.45, 2.75) is 12.8 Å². The minimum absolute atomic E-state index is 0.0280. The summed E-state index contributed by atoms with van der Waals surface area (Å²) in [6.45, 7) is 0. The normalized spacial score (nSPS) is 10.6. The molecule has 0 bridgehead atoms. The topological polar surface area (TPSA) is 122 Å². The molecule has 0 aromatic heterocycles. The Morgan fingerprint density at radius 3 is 2.75 bits per heavy atom. The number of rotatable bonds is 6. The third-order valence-electron chi connectivity index (χ3n) is 2.47. The minimum atomic E-state index is -3.60. The largest absolute Gasteiger partial charge is 0.469 e. The zero-order chi connectivity index (χ0) is 15.2. The number of nitriles is 1. The third-order valence-corrected chi connectivity index (χ3v) is 3.82. The van der Waals surface area contributed by atoms with Crippen molar-refractivity contribution in [2.24, 2.45) is 0 Å². The van der Waals surface area contributed by atoms with Crippen LogP contribution in [0, 0.1) is 11.3 Å². The number of benzene rings is 1. The number of nitrogens with zero attached hydrogens (tertiary/aromatic N) is 1. The lowest BCUT2D eigenvalue weighted by molar-refractivity contribution is -0.140. The number of carbonyl (C=O) groups excluding carboxylic acids is 1. The molecule has 0 unspecified atom stereocenters. The lowest BCUT2D eigenvalue weighted by Gasteiger charge is -2.10. The van der Waals surface area contributed by atoms with Crippen LogP contribution in [-0.4, -0.2) is 27.2 Å². The lowest BCUT2D eigenvalue weighted by atomic mass is 10.2. The second-order valence-electron chi connectivity index (χ2n) is 4.01. The van der Waals surface area contributed by atoms with Crippen molar-refractivity contribution in [3.63, 3.8) is 0 Å². The Hall–Kier alpha value is -2.27. The van der Waals surface area contributed by atoms with E-state index < -0.39 is 16.0 Å². The molecule has 0 spiro atoms. The van der Waals surface area contributed by atoms with Crippen LogP contribution in [-0.2, 0) is 19.6 Å². The summed E-state index contributed by atoms with van der Waals surface area (Å²) in [6, 6.07) is 6.17. The second-order valence-corrected chi connectivity index (χ2v) is 5.86. The van der Waals surface area contributed by atoms with Crippen LogP contribution in [0.5, 0.6) is 0 Å². The molecule has 0 fully saturated rings. The van der Waals surface area contributed by atoms with E-state index in [1.54, 1.807) is 0 Å². The maximum Gasteiger partial charge on any atom is 0.305 e. The Balaban J connectivity index is 2.67. The smallest absolute Gasteiger partial charge is 0.305 e. The molecule has 0 saturated carbocycles. The zero-order valence-corrected chi connectivity index (χ0v) is 11.7. The number of nitrogens with two attached hydrogens (primary N) is 1. The molecule has 1 aromatic rings. The van der Waals surface area contributed by atoms with Crippen LogP contribution in [0.1, 0.15) is 18.4 Å². The molecule has 0 aliphatic rings. The number of methoxy groups -OCH3 is 1. The number of sulfonamides is 1. The van der Waals surface area contributed by atoms with Crippen LogP contribution >= 0.6 is 0 Å². The van der Waals surface area contributed by atoms with Gasteiger partial charge in [0.1, 0.15) is 0 Å². The number of esters is 1. The molecule has 20 heavy (non-hydrogen) atoms. The second kappa shape index (κ2) is 6.77. The van der Waals surface area contributed by atoms with Gasteiger partial charge in [0.05, 0.1) is 35.9 Å². The van der Waals surface area contributed by atoms with E-state index in [2.05, 4.69) is 9.46 Å². The lowest BCUT2D eigenvalue weighted by Crippen LogP contribution is -2.18. The fourth-order valence-electron chi connectivity index (χ4n) is 1.45. The third kappa shape index (κ3) is 4.78. The first kappa shape index (κ1) is 15.8. The van der Waals surface area contributed by atoms with Gasteiger partial charge in [-0.15, -0.1) is 0 Å². The molecule has 108 valence electrons. The summed E-state index contributed by atoms with van der Waals surface area (Å²) in [5.74, 6) is -0.681. The summed E-state index contributed by atoms with van der Waals surface area (Å²) in [7, 11) is -2.36. The van der Waals surface area contributed by atoms with Crippen molar-refractivity contribution in [2.75, 3.05) is 23.3 Å². The van der Waals surface area contributed by atoms with Gasteiger partial charge in [0.15, 0.2) is 0 Å². The monoisotopic (exact) mass is 297 g/mol. The molecular formula is C12H15N3O4S. The molecule has 7 nitrogen and oxygen atoms in total. The summed E-state index contributed by atoms with van der Waals surface area (Å²) < 4.78 is 30.3. The number of nitrogen functional groups attached to an aromatic ring is 1. The van der Waals surface area contributed by atoms with Crippen molar-refractivity contribution < 1.29 is 17.9 Å². The van der Waals surface area contributed by atoms with Gasteiger partial charge in [-0.1, -0.05) is 0 Å². The maximum atomic E-state index is 11.8. The fraction of sp³-hybridized carbons (Fsp3) is 0.333. The standard InChI is InChI=1S/C12H15N3O4S/c1-19-12(16)3-2-6-20(17,18)15-11-5-4-9(8-13)7-10(11)14/h4-5,7,15H,2-3,6,14H2,1H3. The van der Waals surface area contributed by atoms with E-state index in [0.717, 1.165) is 0 Å².